The van der Waals surface area contributed by atoms with Crippen molar-refractivity contribution in [1.82, 2.24) is 5.48 Å². The molecular formula is C23H26N2O5. The van der Waals surface area contributed by atoms with Crippen molar-refractivity contribution in [1.29, 1.82) is 0 Å². The smallest absolute Gasteiger partial charge is 0.323 e. The van der Waals surface area contributed by atoms with Crippen molar-refractivity contribution in [3.63, 3.8) is 0 Å². The molecule has 1 saturated heterocycles. The summed E-state index contributed by atoms with van der Waals surface area (Å²) in [7, 11) is 0. The van der Waals surface area contributed by atoms with Crippen molar-refractivity contribution >= 4 is 11.9 Å². The fraction of sp³-hybridized carbons (Fsp3) is 0.391. The van der Waals surface area contributed by atoms with Gasteiger partial charge in [-0.05, 0) is 35.1 Å². The summed E-state index contributed by atoms with van der Waals surface area (Å²) >= 11 is 0. The van der Waals surface area contributed by atoms with E-state index >= 15 is 0 Å². The van der Waals surface area contributed by atoms with Gasteiger partial charge in [0.2, 0.25) is 5.91 Å². The largest absolute Gasteiger partial charge is 0.464 e. The van der Waals surface area contributed by atoms with Crippen molar-refractivity contribution < 1.29 is 23.9 Å². The first-order valence-corrected chi connectivity index (χ1v) is 10.3. The maximum atomic E-state index is 12.4. The minimum atomic E-state index is -1.06. The number of esters is 1. The van der Waals surface area contributed by atoms with Gasteiger partial charge in [0.15, 0.2) is 6.29 Å². The van der Waals surface area contributed by atoms with Crippen LogP contribution in [0.5, 0.6) is 0 Å². The quantitative estimate of drug-likeness (QED) is 0.538. The first kappa shape index (κ1) is 20.5. The summed E-state index contributed by atoms with van der Waals surface area (Å²) in [5, 5.41) is 0. The average Bonchev–Trinajstić information content (AvgIpc) is 3.10. The molecule has 30 heavy (non-hydrogen) atoms. The van der Waals surface area contributed by atoms with E-state index in [0.717, 1.165) is 41.5 Å². The van der Waals surface area contributed by atoms with E-state index in [0.29, 0.717) is 6.61 Å². The molecule has 1 aliphatic heterocycles. The van der Waals surface area contributed by atoms with Gasteiger partial charge in [-0.3, -0.25) is 9.59 Å². The van der Waals surface area contributed by atoms with Crippen molar-refractivity contribution in [2.45, 2.75) is 43.9 Å². The molecule has 1 amide bonds. The lowest BCUT2D eigenvalue weighted by atomic mass is 9.98. The third-order valence-electron chi connectivity index (χ3n) is 5.51. The third-order valence-corrected chi connectivity index (χ3v) is 5.51. The number of nitrogens with one attached hydrogen (secondary N) is 1. The summed E-state index contributed by atoms with van der Waals surface area (Å²) < 4.78 is 10.9. The Balaban J connectivity index is 1.29. The molecule has 1 aliphatic carbocycles. The molecule has 7 heteroatoms. The highest BCUT2D eigenvalue weighted by Gasteiger charge is 2.30. The van der Waals surface area contributed by atoms with Gasteiger partial charge in [-0.25, -0.2) is 10.3 Å². The molecule has 0 aromatic heterocycles. The normalized spacial score (nSPS) is 18.9. The van der Waals surface area contributed by atoms with Gasteiger partial charge in [0, 0.05) is 18.9 Å². The zero-order valence-corrected chi connectivity index (χ0v) is 16.7. The molecule has 3 N–H and O–H groups in total. The summed E-state index contributed by atoms with van der Waals surface area (Å²) in [4.78, 5) is 29.6. The Hall–Kier alpha value is -2.74. The predicted octanol–water partition coefficient (Wildman–Crippen LogP) is 2.63. The van der Waals surface area contributed by atoms with E-state index in [1.807, 2.05) is 36.4 Å². The summed E-state index contributed by atoms with van der Waals surface area (Å²) in [6.45, 7) is 0.786. The number of carbonyl (C=O) groups excluding carboxylic acids is 2. The highest BCUT2D eigenvalue weighted by Crippen LogP contribution is 2.44. The van der Waals surface area contributed by atoms with Gasteiger partial charge in [-0.15, -0.1) is 0 Å². The molecule has 2 aromatic carbocycles. The van der Waals surface area contributed by atoms with E-state index in [2.05, 4.69) is 17.6 Å². The summed E-state index contributed by atoms with van der Waals surface area (Å²) in [6.07, 6.45) is 2.02. The second kappa shape index (κ2) is 9.38. The molecule has 2 aromatic rings. The van der Waals surface area contributed by atoms with Gasteiger partial charge in [0.05, 0.1) is 6.42 Å². The van der Waals surface area contributed by atoms with Gasteiger partial charge in [0.1, 0.15) is 12.6 Å². The monoisotopic (exact) mass is 410 g/mol. The Morgan fingerprint density at radius 3 is 2.37 bits per heavy atom. The Bertz CT molecular complexity index is 864. The van der Waals surface area contributed by atoms with Crippen LogP contribution in [0.4, 0.5) is 0 Å². The highest BCUT2D eigenvalue weighted by molar-refractivity contribution is 5.85. The molecule has 0 saturated carbocycles. The number of carbonyl (C=O) groups is 2. The lowest BCUT2D eigenvalue weighted by Gasteiger charge is -2.22. The van der Waals surface area contributed by atoms with E-state index in [1.165, 1.54) is 0 Å². The van der Waals surface area contributed by atoms with Crippen molar-refractivity contribution in [2.24, 2.45) is 5.73 Å². The number of hydrogen-bond donors (Lipinski definition) is 2. The molecule has 2 aliphatic rings. The average molecular weight is 410 g/mol. The van der Waals surface area contributed by atoms with Crippen LogP contribution in [0.3, 0.4) is 0 Å². The number of amides is 1. The molecule has 0 radical (unpaired) electrons. The van der Waals surface area contributed by atoms with E-state index < -0.39 is 24.2 Å². The molecule has 158 valence electrons. The fourth-order valence-corrected chi connectivity index (χ4v) is 3.97. The van der Waals surface area contributed by atoms with Crippen LogP contribution in [-0.2, 0) is 23.9 Å². The van der Waals surface area contributed by atoms with Crippen LogP contribution in [0.2, 0.25) is 0 Å². The van der Waals surface area contributed by atoms with E-state index in [-0.39, 0.29) is 18.9 Å². The maximum absolute atomic E-state index is 12.4. The second-order valence-corrected chi connectivity index (χ2v) is 7.61. The first-order chi connectivity index (χ1) is 14.6. The van der Waals surface area contributed by atoms with Crippen LogP contribution in [0.15, 0.2) is 48.5 Å². The van der Waals surface area contributed by atoms with E-state index in [9.17, 15) is 9.59 Å². The number of fused-ring (bicyclic) bond motifs is 3. The summed E-state index contributed by atoms with van der Waals surface area (Å²) in [6, 6.07) is 15.1. The first-order valence-electron chi connectivity index (χ1n) is 10.3. The number of rotatable bonds is 7. The van der Waals surface area contributed by atoms with Crippen LogP contribution in [0, 0.1) is 0 Å². The molecule has 0 unspecified atom stereocenters. The van der Waals surface area contributed by atoms with Crippen molar-refractivity contribution in [3.05, 3.63) is 59.7 Å². The Morgan fingerprint density at radius 1 is 1.07 bits per heavy atom. The number of hydrogen-bond acceptors (Lipinski definition) is 6. The SMILES string of the molecule is N[C@H](CC(=O)NO[C@H]1CCCCO1)C(=O)OCC1c2ccccc2-c2ccccc21. The van der Waals surface area contributed by atoms with Crippen LogP contribution in [0.1, 0.15) is 42.7 Å². The van der Waals surface area contributed by atoms with Crippen molar-refractivity contribution in [2.75, 3.05) is 13.2 Å². The standard InChI is InChI=1S/C23H26N2O5/c24-20(13-21(26)25-30-22-11-5-6-12-28-22)23(27)29-14-19-17-9-3-1-7-15(17)16-8-2-4-10-18(16)19/h1-4,7-10,19-20,22H,5-6,11-14,24H2,(H,25,26)/t20-,22+/m1/s1. The predicted molar refractivity (Wildman–Crippen MR) is 110 cm³/mol. The maximum Gasteiger partial charge on any atom is 0.323 e. The minimum Gasteiger partial charge on any atom is -0.464 e. The van der Waals surface area contributed by atoms with Gasteiger partial charge in [-0.2, -0.15) is 0 Å². The fourth-order valence-electron chi connectivity index (χ4n) is 3.97. The van der Waals surface area contributed by atoms with Crippen LogP contribution in [-0.4, -0.2) is 37.4 Å². The lowest BCUT2D eigenvalue weighted by Crippen LogP contribution is -2.40. The molecular weight excluding hydrogens is 384 g/mol. The Morgan fingerprint density at radius 2 is 1.73 bits per heavy atom. The van der Waals surface area contributed by atoms with Gasteiger partial charge in [0.25, 0.3) is 0 Å². The van der Waals surface area contributed by atoms with Crippen LogP contribution < -0.4 is 11.2 Å². The second-order valence-electron chi connectivity index (χ2n) is 7.61. The molecule has 4 rings (SSSR count). The highest BCUT2D eigenvalue weighted by atomic mass is 16.8. The van der Waals surface area contributed by atoms with Crippen molar-refractivity contribution in [3.8, 4) is 11.1 Å². The number of nitrogens with two attached hydrogens (primary N) is 1. The molecule has 0 bridgehead atoms. The molecule has 0 spiro atoms. The zero-order chi connectivity index (χ0) is 20.9. The zero-order valence-electron chi connectivity index (χ0n) is 16.7. The lowest BCUT2D eigenvalue weighted by molar-refractivity contribution is -0.200. The van der Waals surface area contributed by atoms with Crippen LogP contribution >= 0.6 is 0 Å². The van der Waals surface area contributed by atoms with E-state index in [4.69, 9.17) is 20.0 Å². The molecule has 2 atom stereocenters. The number of hydroxylamine groups is 1. The summed E-state index contributed by atoms with van der Waals surface area (Å²) in [5.41, 5.74) is 12.7. The molecule has 1 fully saturated rings. The number of ether oxygens (including phenoxy) is 2. The van der Waals surface area contributed by atoms with Crippen LogP contribution in [0.25, 0.3) is 11.1 Å². The van der Waals surface area contributed by atoms with Gasteiger partial charge >= 0.3 is 5.97 Å². The molecule has 1 heterocycles. The van der Waals surface area contributed by atoms with Gasteiger partial charge < -0.3 is 15.2 Å². The minimum absolute atomic E-state index is 0.0471. The Kier molecular flexibility index (Phi) is 6.42. The number of benzene rings is 2. The summed E-state index contributed by atoms with van der Waals surface area (Å²) in [5.74, 6) is -1.14. The third kappa shape index (κ3) is 4.53. The Labute approximate surface area is 175 Å². The topological polar surface area (TPSA) is 99.9 Å². The van der Waals surface area contributed by atoms with Gasteiger partial charge in [-0.1, -0.05) is 48.5 Å². The molecule has 7 nitrogen and oxygen atoms in total. The van der Waals surface area contributed by atoms with E-state index in [1.54, 1.807) is 0 Å².